The van der Waals surface area contributed by atoms with Crippen LogP contribution in [-0.2, 0) is 11.8 Å². The van der Waals surface area contributed by atoms with E-state index in [0.717, 1.165) is 24.3 Å². The molecule has 0 aliphatic carbocycles. The van der Waals surface area contributed by atoms with Gasteiger partial charge in [0, 0.05) is 57.4 Å². The number of nitrogens with zero attached hydrogens (tertiary/aromatic N) is 2. The van der Waals surface area contributed by atoms with Crippen molar-refractivity contribution in [3.05, 3.63) is 58.0 Å². The molecule has 1 fully saturated rings. The number of piperidine rings is 1. The Balaban J connectivity index is 1.52. The molecule has 2 heterocycles. The van der Waals surface area contributed by atoms with Crippen molar-refractivity contribution in [1.82, 2.24) is 9.47 Å². The van der Waals surface area contributed by atoms with E-state index in [1.165, 1.54) is 6.07 Å². The summed E-state index contributed by atoms with van der Waals surface area (Å²) in [6.07, 6.45) is 1.47. The van der Waals surface area contributed by atoms with Gasteiger partial charge in [-0.05, 0) is 37.3 Å². The fourth-order valence-corrected chi connectivity index (χ4v) is 3.29. The second-order valence-electron chi connectivity index (χ2n) is 7.20. The lowest BCUT2D eigenvalue weighted by molar-refractivity contribution is 0.0595. The van der Waals surface area contributed by atoms with Crippen LogP contribution in [0.1, 0.15) is 28.9 Å². The molecule has 1 saturated heterocycles. The van der Waals surface area contributed by atoms with E-state index in [4.69, 9.17) is 14.2 Å². The van der Waals surface area contributed by atoms with Gasteiger partial charge in [-0.15, -0.1) is 0 Å². The van der Waals surface area contributed by atoms with Crippen molar-refractivity contribution in [2.45, 2.75) is 25.9 Å². The van der Waals surface area contributed by atoms with Crippen LogP contribution >= 0.6 is 0 Å². The number of hydrogen-bond acceptors (Lipinski definition) is 5. The minimum absolute atomic E-state index is 0.00196. The third-order valence-electron chi connectivity index (χ3n) is 5.17. The number of methoxy groups -OCH3 is 1. The van der Waals surface area contributed by atoms with E-state index in [9.17, 15) is 9.59 Å². The maximum Gasteiger partial charge on any atom is 0.254 e. The summed E-state index contributed by atoms with van der Waals surface area (Å²) in [7, 11) is 3.37. The first kappa shape index (κ1) is 20.9. The summed E-state index contributed by atoms with van der Waals surface area (Å²) in [5.41, 5.74) is 1.42. The van der Waals surface area contributed by atoms with Crippen molar-refractivity contribution in [2.75, 3.05) is 33.4 Å². The summed E-state index contributed by atoms with van der Waals surface area (Å²) in [4.78, 5) is 26.5. The topological polar surface area (TPSA) is 70.0 Å². The molecule has 2 aromatic rings. The summed E-state index contributed by atoms with van der Waals surface area (Å²) < 4.78 is 18.1. The SMILES string of the molecule is COCCOc1ccc(C(=O)N2CCC(Oc3cc(C)n(C)c(=O)c3)CC2)cc1. The molecule has 0 unspecified atom stereocenters. The fraction of sp³-hybridized carbons (Fsp3) is 0.455. The first-order valence-electron chi connectivity index (χ1n) is 9.83. The number of aromatic nitrogens is 1. The number of ether oxygens (including phenoxy) is 3. The first-order valence-corrected chi connectivity index (χ1v) is 9.83. The van der Waals surface area contributed by atoms with Crippen molar-refractivity contribution in [2.24, 2.45) is 7.05 Å². The predicted octanol–water partition coefficient (Wildman–Crippen LogP) is 2.40. The molecule has 3 rings (SSSR count). The lowest BCUT2D eigenvalue weighted by Crippen LogP contribution is -2.41. The number of pyridine rings is 1. The highest BCUT2D eigenvalue weighted by molar-refractivity contribution is 5.94. The van der Waals surface area contributed by atoms with Crippen molar-refractivity contribution in [3.8, 4) is 11.5 Å². The maximum absolute atomic E-state index is 12.7. The van der Waals surface area contributed by atoms with Crippen molar-refractivity contribution in [3.63, 3.8) is 0 Å². The van der Waals surface area contributed by atoms with E-state index >= 15 is 0 Å². The fourth-order valence-electron chi connectivity index (χ4n) is 3.29. The van der Waals surface area contributed by atoms with Gasteiger partial charge in [-0.2, -0.15) is 0 Å². The van der Waals surface area contributed by atoms with Crippen LogP contribution in [0.15, 0.2) is 41.2 Å². The molecule has 7 heteroatoms. The smallest absolute Gasteiger partial charge is 0.254 e. The number of carbonyl (C=O) groups excluding carboxylic acids is 1. The molecule has 0 radical (unpaired) electrons. The third kappa shape index (κ3) is 5.38. The second kappa shape index (κ2) is 9.60. The molecule has 0 N–H and O–H groups in total. The van der Waals surface area contributed by atoms with Crippen molar-refractivity contribution >= 4 is 5.91 Å². The lowest BCUT2D eigenvalue weighted by Gasteiger charge is -2.32. The largest absolute Gasteiger partial charge is 0.491 e. The Kier molecular flexibility index (Phi) is 6.93. The summed E-state index contributed by atoms with van der Waals surface area (Å²) >= 11 is 0. The zero-order valence-electron chi connectivity index (χ0n) is 17.2. The van der Waals surface area contributed by atoms with Gasteiger partial charge in [-0.1, -0.05) is 0 Å². The molecule has 0 bridgehead atoms. The number of carbonyl (C=O) groups is 1. The number of amides is 1. The van der Waals surface area contributed by atoms with Gasteiger partial charge >= 0.3 is 0 Å². The molecule has 7 nitrogen and oxygen atoms in total. The zero-order chi connectivity index (χ0) is 20.8. The molecular formula is C22H28N2O5. The molecule has 156 valence electrons. The van der Waals surface area contributed by atoms with Gasteiger partial charge in [-0.3, -0.25) is 9.59 Å². The Morgan fingerprint density at radius 1 is 1.07 bits per heavy atom. The summed E-state index contributed by atoms with van der Waals surface area (Å²) in [5, 5.41) is 0. The molecule has 29 heavy (non-hydrogen) atoms. The van der Waals surface area contributed by atoms with Gasteiger partial charge in [-0.25, -0.2) is 0 Å². The molecule has 1 aliphatic rings. The minimum Gasteiger partial charge on any atom is -0.491 e. The molecule has 0 saturated carbocycles. The Labute approximate surface area is 170 Å². The Bertz CT molecular complexity index is 883. The number of aryl methyl sites for hydroxylation is 1. The lowest BCUT2D eigenvalue weighted by atomic mass is 10.1. The van der Waals surface area contributed by atoms with Crippen molar-refractivity contribution < 1.29 is 19.0 Å². The third-order valence-corrected chi connectivity index (χ3v) is 5.17. The van der Waals surface area contributed by atoms with E-state index in [1.54, 1.807) is 43.0 Å². The van der Waals surface area contributed by atoms with Crippen molar-refractivity contribution in [1.29, 1.82) is 0 Å². The van der Waals surface area contributed by atoms with Crippen LogP contribution in [0.25, 0.3) is 0 Å². The van der Waals surface area contributed by atoms with Crippen LogP contribution in [0.5, 0.6) is 11.5 Å². The molecular weight excluding hydrogens is 372 g/mol. The zero-order valence-corrected chi connectivity index (χ0v) is 17.2. The summed E-state index contributed by atoms with van der Waals surface area (Å²) in [5.74, 6) is 1.32. The molecule has 1 aromatic heterocycles. The van der Waals surface area contributed by atoms with Crippen LogP contribution in [-0.4, -0.2) is 54.9 Å². The van der Waals surface area contributed by atoms with Gasteiger partial charge in [0.05, 0.1) is 6.61 Å². The summed E-state index contributed by atoms with van der Waals surface area (Å²) in [6, 6.07) is 10.6. The minimum atomic E-state index is -0.0812. The average Bonchev–Trinajstić information content (AvgIpc) is 2.73. The highest BCUT2D eigenvalue weighted by Gasteiger charge is 2.25. The highest BCUT2D eigenvalue weighted by atomic mass is 16.5. The van der Waals surface area contributed by atoms with Crippen LogP contribution in [0, 0.1) is 6.92 Å². The van der Waals surface area contributed by atoms with E-state index < -0.39 is 0 Å². The monoisotopic (exact) mass is 400 g/mol. The first-order chi connectivity index (χ1) is 14.0. The number of rotatable bonds is 7. The van der Waals surface area contributed by atoms with Gasteiger partial charge in [0.25, 0.3) is 11.5 Å². The molecule has 0 atom stereocenters. The van der Waals surface area contributed by atoms with Gasteiger partial charge < -0.3 is 23.7 Å². The van der Waals surface area contributed by atoms with Crippen LogP contribution < -0.4 is 15.0 Å². The van der Waals surface area contributed by atoms with E-state index in [2.05, 4.69) is 0 Å². The molecule has 1 amide bonds. The molecule has 1 aromatic carbocycles. The quantitative estimate of drug-likeness (QED) is 0.668. The summed E-state index contributed by atoms with van der Waals surface area (Å²) in [6.45, 7) is 4.13. The highest BCUT2D eigenvalue weighted by Crippen LogP contribution is 2.21. The predicted molar refractivity (Wildman–Crippen MR) is 110 cm³/mol. The number of likely N-dealkylation sites (tertiary alicyclic amines) is 1. The average molecular weight is 400 g/mol. The Morgan fingerprint density at radius 3 is 2.38 bits per heavy atom. The van der Waals surface area contributed by atoms with Gasteiger partial charge in [0.15, 0.2) is 0 Å². The van der Waals surface area contributed by atoms with Crippen LogP contribution in [0.3, 0.4) is 0 Å². The molecule has 0 spiro atoms. The number of benzene rings is 1. The molecule has 1 aliphatic heterocycles. The van der Waals surface area contributed by atoms with Gasteiger partial charge in [0.2, 0.25) is 0 Å². The van der Waals surface area contributed by atoms with Crippen LogP contribution in [0.2, 0.25) is 0 Å². The van der Waals surface area contributed by atoms with E-state index in [-0.39, 0.29) is 17.6 Å². The Hall–Kier alpha value is -2.80. The van der Waals surface area contributed by atoms with E-state index in [0.29, 0.717) is 37.6 Å². The maximum atomic E-state index is 12.7. The number of hydrogen-bond donors (Lipinski definition) is 0. The second-order valence-corrected chi connectivity index (χ2v) is 7.20. The van der Waals surface area contributed by atoms with Gasteiger partial charge in [0.1, 0.15) is 24.2 Å². The van der Waals surface area contributed by atoms with Crippen LogP contribution in [0.4, 0.5) is 0 Å². The van der Waals surface area contributed by atoms with E-state index in [1.807, 2.05) is 17.9 Å². The normalized spacial score (nSPS) is 14.7. The standard InChI is InChI=1S/C22H28N2O5/c1-16-14-20(15-21(25)23(16)2)29-19-8-10-24(11-9-19)22(26)17-4-6-18(7-5-17)28-13-12-27-3/h4-7,14-15,19H,8-13H2,1-3H3. The Morgan fingerprint density at radius 2 is 1.76 bits per heavy atom.